The fourth-order valence-electron chi connectivity index (χ4n) is 4.48. The van der Waals surface area contributed by atoms with E-state index in [1.165, 1.54) is 22.3 Å². The molecule has 0 saturated carbocycles. The number of alkyl carbamates (subject to hydrolysis) is 1. The van der Waals surface area contributed by atoms with E-state index < -0.39 is 12.1 Å². The molecule has 10 nitrogen and oxygen atoms in total. The molecular formula is C31H40N6O4. The normalized spacial score (nSPS) is 15.1. The maximum atomic E-state index is 12.4. The van der Waals surface area contributed by atoms with Crippen LogP contribution >= 0.6 is 0 Å². The molecule has 0 unspecified atom stereocenters. The fraction of sp³-hybridized carbons (Fsp3) is 0.452. The summed E-state index contributed by atoms with van der Waals surface area (Å²) >= 11 is 0. The summed E-state index contributed by atoms with van der Waals surface area (Å²) in [7, 11) is 0. The molecule has 1 aliphatic rings. The highest BCUT2D eigenvalue weighted by atomic mass is 16.5. The number of amides is 1. The van der Waals surface area contributed by atoms with Crippen LogP contribution in [-0.2, 0) is 4.74 Å². The molecule has 2 aromatic heterocycles. The summed E-state index contributed by atoms with van der Waals surface area (Å²) in [6, 6.07) is 15.9. The minimum atomic E-state index is -0.498. The second-order valence-electron chi connectivity index (χ2n) is 10.6. The third-order valence-electron chi connectivity index (χ3n) is 7.42. The minimum Gasteiger partial charge on any atom is -0.449 e. The molecule has 218 valence electrons. The first kappa shape index (κ1) is 29.9. The highest BCUT2D eigenvalue weighted by Crippen LogP contribution is 2.44. The average Bonchev–Trinajstić information content (AvgIpc) is 3.74. The number of nitrogens with zero attached hydrogens (tertiary/aromatic N) is 4. The highest BCUT2D eigenvalue weighted by Gasteiger charge is 2.29. The van der Waals surface area contributed by atoms with Gasteiger partial charge in [-0.3, -0.25) is 0 Å². The molecule has 0 spiro atoms. The largest absolute Gasteiger partial charge is 0.449 e. The predicted molar refractivity (Wildman–Crippen MR) is 155 cm³/mol. The highest BCUT2D eigenvalue weighted by molar-refractivity contribution is 5.79. The van der Waals surface area contributed by atoms with Gasteiger partial charge in [-0.2, -0.15) is 0 Å². The van der Waals surface area contributed by atoms with Gasteiger partial charge in [0.05, 0.1) is 6.04 Å². The van der Waals surface area contributed by atoms with Crippen molar-refractivity contribution < 1.29 is 18.4 Å². The number of carbonyl (C=O) groups is 1. The number of nitrogens with one attached hydrogen (secondary N) is 1. The molecule has 2 heterocycles. The summed E-state index contributed by atoms with van der Waals surface area (Å²) in [5.41, 5.74) is 10.3. The standard InChI is InChI=1S/C23H25N3O3.C8H15N3O/c1-4-14(2)21-25-26-22(29-21)15(3)24-23(27)28-13-20-18-11-7-5-9-16(18)17-10-6-8-12-19(17)20;1-4-5(2)7-10-11-8(12-7)6(3)9/h5-12,14-15,20H,4,13H2,1-3H3,(H,24,27);5-6H,4,9H2,1-3H3/t14-,15-;5-,6-/m00/s1. The van der Waals surface area contributed by atoms with Crippen LogP contribution in [0.5, 0.6) is 0 Å². The quantitative estimate of drug-likeness (QED) is 0.226. The van der Waals surface area contributed by atoms with E-state index in [-0.39, 0.29) is 24.5 Å². The maximum absolute atomic E-state index is 12.4. The van der Waals surface area contributed by atoms with E-state index in [0.29, 0.717) is 29.5 Å². The number of carbonyl (C=O) groups excluding carboxylic acids is 1. The maximum Gasteiger partial charge on any atom is 0.407 e. The average molecular weight is 561 g/mol. The van der Waals surface area contributed by atoms with Crippen molar-refractivity contribution in [3.05, 3.63) is 83.2 Å². The lowest BCUT2D eigenvalue weighted by molar-refractivity contribution is 0.138. The Morgan fingerprint density at radius 3 is 1.76 bits per heavy atom. The fourth-order valence-corrected chi connectivity index (χ4v) is 4.48. The van der Waals surface area contributed by atoms with Crippen LogP contribution in [0, 0.1) is 0 Å². The van der Waals surface area contributed by atoms with Crippen molar-refractivity contribution in [1.29, 1.82) is 0 Å². The van der Waals surface area contributed by atoms with Gasteiger partial charge in [0, 0.05) is 17.8 Å². The molecule has 4 aromatic rings. The number of fused-ring (bicyclic) bond motifs is 3. The summed E-state index contributed by atoms with van der Waals surface area (Å²) in [6.45, 7) is 12.1. The monoisotopic (exact) mass is 560 g/mol. The Bertz CT molecular complexity index is 1390. The summed E-state index contributed by atoms with van der Waals surface area (Å²) in [5, 5.41) is 18.6. The summed E-state index contributed by atoms with van der Waals surface area (Å²) < 4.78 is 16.6. The van der Waals surface area contributed by atoms with Gasteiger partial charge in [0.25, 0.3) is 0 Å². The number of nitrogens with two attached hydrogens (primary N) is 1. The number of aromatic nitrogens is 4. The van der Waals surface area contributed by atoms with Crippen molar-refractivity contribution in [3.63, 3.8) is 0 Å². The van der Waals surface area contributed by atoms with E-state index in [0.717, 1.165) is 12.8 Å². The Hall–Kier alpha value is -4.05. The Labute approximate surface area is 241 Å². The molecule has 1 aliphatic carbocycles. The third-order valence-corrected chi connectivity index (χ3v) is 7.42. The number of benzene rings is 2. The molecule has 4 atom stereocenters. The number of ether oxygens (including phenoxy) is 1. The topological polar surface area (TPSA) is 142 Å². The molecule has 0 bridgehead atoms. The Kier molecular flexibility index (Phi) is 9.88. The second-order valence-corrected chi connectivity index (χ2v) is 10.6. The van der Waals surface area contributed by atoms with Crippen LogP contribution in [0.2, 0.25) is 0 Å². The van der Waals surface area contributed by atoms with Crippen LogP contribution in [0.25, 0.3) is 11.1 Å². The van der Waals surface area contributed by atoms with Crippen LogP contribution in [-0.4, -0.2) is 33.1 Å². The number of hydrogen-bond acceptors (Lipinski definition) is 9. The third kappa shape index (κ3) is 7.00. The van der Waals surface area contributed by atoms with Crippen LogP contribution in [0.15, 0.2) is 57.4 Å². The summed E-state index contributed by atoms with van der Waals surface area (Å²) in [5.74, 6) is 2.72. The Morgan fingerprint density at radius 1 is 0.805 bits per heavy atom. The molecule has 5 rings (SSSR count). The summed E-state index contributed by atoms with van der Waals surface area (Å²) in [4.78, 5) is 12.4. The van der Waals surface area contributed by atoms with Crippen molar-refractivity contribution >= 4 is 6.09 Å². The van der Waals surface area contributed by atoms with E-state index in [1.54, 1.807) is 6.92 Å². The second kappa shape index (κ2) is 13.5. The first-order valence-electron chi connectivity index (χ1n) is 14.3. The van der Waals surface area contributed by atoms with E-state index in [4.69, 9.17) is 19.3 Å². The SMILES string of the molecule is CC[C@H](C)c1nnc([C@H](C)N)o1.CC[C@H](C)c1nnc([C@H](C)NC(=O)OCC2c3ccccc3-c3ccccc32)o1. The Balaban J connectivity index is 0.000000271. The molecule has 0 fully saturated rings. The van der Waals surface area contributed by atoms with Gasteiger partial charge in [-0.25, -0.2) is 4.79 Å². The lowest BCUT2D eigenvalue weighted by atomic mass is 9.98. The van der Waals surface area contributed by atoms with Crippen LogP contribution in [0.1, 0.15) is 119 Å². The van der Waals surface area contributed by atoms with Gasteiger partial charge in [0.1, 0.15) is 12.6 Å². The zero-order chi connectivity index (χ0) is 29.5. The predicted octanol–water partition coefficient (Wildman–Crippen LogP) is 6.79. The van der Waals surface area contributed by atoms with Crippen molar-refractivity contribution in [2.24, 2.45) is 5.73 Å². The van der Waals surface area contributed by atoms with Crippen molar-refractivity contribution in [2.45, 2.75) is 84.2 Å². The van der Waals surface area contributed by atoms with Gasteiger partial charge in [-0.15, -0.1) is 20.4 Å². The molecule has 1 amide bonds. The van der Waals surface area contributed by atoms with E-state index in [9.17, 15) is 4.79 Å². The van der Waals surface area contributed by atoms with Gasteiger partial charge in [-0.05, 0) is 48.9 Å². The van der Waals surface area contributed by atoms with Crippen molar-refractivity contribution in [3.8, 4) is 11.1 Å². The lowest BCUT2D eigenvalue weighted by Crippen LogP contribution is -2.29. The number of rotatable bonds is 9. The summed E-state index contributed by atoms with van der Waals surface area (Å²) in [6.07, 6.45) is 1.42. The zero-order valence-electron chi connectivity index (χ0n) is 24.6. The van der Waals surface area contributed by atoms with Crippen molar-refractivity contribution in [1.82, 2.24) is 25.7 Å². The molecular weight excluding hydrogens is 520 g/mol. The first-order chi connectivity index (χ1) is 19.7. The molecule has 10 heteroatoms. The van der Waals surface area contributed by atoms with Crippen molar-refractivity contribution in [2.75, 3.05) is 6.61 Å². The van der Waals surface area contributed by atoms with Crippen LogP contribution in [0.4, 0.5) is 4.79 Å². The molecule has 0 aliphatic heterocycles. The molecule has 41 heavy (non-hydrogen) atoms. The molecule has 3 N–H and O–H groups in total. The van der Waals surface area contributed by atoms with Gasteiger partial charge >= 0.3 is 6.09 Å². The first-order valence-corrected chi connectivity index (χ1v) is 14.3. The number of hydrogen-bond donors (Lipinski definition) is 2. The smallest absolute Gasteiger partial charge is 0.407 e. The Morgan fingerprint density at radius 2 is 1.27 bits per heavy atom. The van der Waals surface area contributed by atoms with Crippen LogP contribution in [0.3, 0.4) is 0 Å². The van der Waals surface area contributed by atoms with E-state index >= 15 is 0 Å². The van der Waals surface area contributed by atoms with Crippen LogP contribution < -0.4 is 11.1 Å². The van der Waals surface area contributed by atoms with Gasteiger partial charge in [-0.1, -0.05) is 76.2 Å². The zero-order valence-corrected chi connectivity index (χ0v) is 24.6. The van der Waals surface area contributed by atoms with E-state index in [2.05, 4.69) is 70.7 Å². The van der Waals surface area contributed by atoms with Gasteiger partial charge < -0.3 is 24.6 Å². The van der Waals surface area contributed by atoms with E-state index in [1.807, 2.05) is 38.1 Å². The molecule has 2 aromatic carbocycles. The minimum absolute atomic E-state index is 0.0314. The van der Waals surface area contributed by atoms with Gasteiger partial charge in [0.2, 0.25) is 23.6 Å². The lowest BCUT2D eigenvalue weighted by Gasteiger charge is -2.16. The molecule has 0 saturated heterocycles. The molecule has 0 radical (unpaired) electrons. The van der Waals surface area contributed by atoms with Gasteiger partial charge in [0.15, 0.2) is 0 Å².